The molecule has 1 aliphatic heterocycles. The minimum atomic E-state index is -4.69. The lowest BCUT2D eigenvalue weighted by Gasteiger charge is -2.24. The SMILES string of the molecule is FC(F)(F)Oc1ccc(NC(=S)N2CCCN(Cc3nccs3)CC2)cc1. The number of benzene rings is 1. The number of anilines is 1. The van der Waals surface area contributed by atoms with Gasteiger partial charge in [-0.15, -0.1) is 24.5 Å². The highest BCUT2D eigenvalue weighted by molar-refractivity contribution is 7.80. The van der Waals surface area contributed by atoms with E-state index in [4.69, 9.17) is 12.2 Å². The number of thiocarbonyl (C=S) groups is 1. The molecule has 1 N–H and O–H groups in total. The van der Waals surface area contributed by atoms with Crippen molar-refractivity contribution in [2.45, 2.75) is 19.3 Å². The second-order valence-corrected chi connectivity index (χ2v) is 7.41. The fourth-order valence-electron chi connectivity index (χ4n) is 2.80. The molecule has 0 amide bonds. The number of hydrogen-bond donors (Lipinski definition) is 1. The van der Waals surface area contributed by atoms with Crippen molar-refractivity contribution in [1.29, 1.82) is 0 Å². The molecule has 0 radical (unpaired) electrons. The lowest BCUT2D eigenvalue weighted by molar-refractivity contribution is -0.274. The van der Waals surface area contributed by atoms with Crippen LogP contribution in [0.15, 0.2) is 35.8 Å². The Labute approximate surface area is 164 Å². The summed E-state index contributed by atoms with van der Waals surface area (Å²) in [6, 6.07) is 5.55. The van der Waals surface area contributed by atoms with E-state index in [0.29, 0.717) is 10.8 Å². The summed E-state index contributed by atoms with van der Waals surface area (Å²) in [6.07, 6.45) is -1.90. The fraction of sp³-hybridized carbons (Fsp3) is 0.412. The van der Waals surface area contributed by atoms with Crippen LogP contribution in [0.4, 0.5) is 18.9 Å². The summed E-state index contributed by atoms with van der Waals surface area (Å²) in [7, 11) is 0. The lowest BCUT2D eigenvalue weighted by Crippen LogP contribution is -2.37. The van der Waals surface area contributed by atoms with E-state index in [1.54, 1.807) is 11.3 Å². The number of nitrogens with one attached hydrogen (secondary N) is 1. The molecule has 10 heteroatoms. The smallest absolute Gasteiger partial charge is 0.406 e. The van der Waals surface area contributed by atoms with Gasteiger partial charge in [-0.05, 0) is 42.9 Å². The predicted octanol–water partition coefficient (Wildman–Crippen LogP) is 3.95. The summed E-state index contributed by atoms with van der Waals surface area (Å²) in [6.45, 7) is 4.30. The molecule has 1 saturated heterocycles. The highest BCUT2D eigenvalue weighted by atomic mass is 32.1. The van der Waals surface area contributed by atoms with Crippen LogP contribution in [0.3, 0.4) is 0 Å². The van der Waals surface area contributed by atoms with Gasteiger partial charge in [0.1, 0.15) is 10.8 Å². The average molecular weight is 416 g/mol. The molecule has 0 atom stereocenters. The number of thiazole rings is 1. The molecular weight excluding hydrogens is 397 g/mol. The fourth-order valence-corrected chi connectivity index (χ4v) is 3.75. The van der Waals surface area contributed by atoms with Crippen molar-refractivity contribution in [2.24, 2.45) is 0 Å². The number of rotatable bonds is 4. The number of hydrogen-bond acceptors (Lipinski definition) is 5. The van der Waals surface area contributed by atoms with Crippen LogP contribution in [0.1, 0.15) is 11.4 Å². The Hall–Kier alpha value is -1.91. The molecule has 2 heterocycles. The van der Waals surface area contributed by atoms with Crippen LogP contribution in [0.25, 0.3) is 0 Å². The molecule has 27 heavy (non-hydrogen) atoms. The van der Waals surface area contributed by atoms with Crippen molar-refractivity contribution in [3.05, 3.63) is 40.8 Å². The average Bonchev–Trinajstić information content (AvgIpc) is 2.99. The summed E-state index contributed by atoms with van der Waals surface area (Å²) < 4.78 is 40.5. The van der Waals surface area contributed by atoms with Crippen LogP contribution in [0.2, 0.25) is 0 Å². The zero-order chi connectivity index (χ0) is 19.3. The van der Waals surface area contributed by atoms with Crippen molar-refractivity contribution in [1.82, 2.24) is 14.8 Å². The Morgan fingerprint density at radius 2 is 1.96 bits per heavy atom. The summed E-state index contributed by atoms with van der Waals surface area (Å²) in [4.78, 5) is 8.76. The molecule has 0 bridgehead atoms. The third kappa shape index (κ3) is 6.33. The number of halogens is 3. The van der Waals surface area contributed by atoms with Crippen LogP contribution in [-0.2, 0) is 6.54 Å². The highest BCUT2D eigenvalue weighted by Crippen LogP contribution is 2.24. The van der Waals surface area contributed by atoms with Gasteiger partial charge in [-0.25, -0.2) is 4.98 Å². The summed E-state index contributed by atoms with van der Waals surface area (Å²) in [5.41, 5.74) is 0.624. The standard InChI is InChI=1S/C17H19F3N4OS2/c18-17(19,20)25-14-4-2-13(3-5-14)22-16(26)24-8-1-7-23(9-10-24)12-15-21-6-11-27-15/h2-6,11H,1,7-10,12H2,(H,22,26). The summed E-state index contributed by atoms with van der Waals surface area (Å²) in [5.74, 6) is -0.258. The van der Waals surface area contributed by atoms with E-state index in [0.717, 1.165) is 44.2 Å². The predicted molar refractivity (Wildman–Crippen MR) is 103 cm³/mol. The van der Waals surface area contributed by atoms with E-state index in [2.05, 4.69) is 24.8 Å². The number of ether oxygens (including phenoxy) is 1. The monoisotopic (exact) mass is 416 g/mol. The van der Waals surface area contributed by atoms with Gasteiger partial charge >= 0.3 is 6.36 Å². The summed E-state index contributed by atoms with van der Waals surface area (Å²) in [5, 5.41) is 6.72. The van der Waals surface area contributed by atoms with Gasteiger partial charge in [0, 0.05) is 43.4 Å². The molecule has 1 aromatic carbocycles. The Balaban J connectivity index is 1.50. The normalized spacial score (nSPS) is 16.0. The van der Waals surface area contributed by atoms with E-state index in [1.807, 2.05) is 11.6 Å². The van der Waals surface area contributed by atoms with E-state index in [-0.39, 0.29) is 5.75 Å². The first-order valence-corrected chi connectivity index (χ1v) is 9.70. The number of alkyl halides is 3. The largest absolute Gasteiger partial charge is 0.573 e. The van der Waals surface area contributed by atoms with E-state index in [9.17, 15) is 13.2 Å². The Bertz CT molecular complexity index is 738. The first-order valence-electron chi connectivity index (χ1n) is 8.41. The minimum Gasteiger partial charge on any atom is -0.406 e. The van der Waals surface area contributed by atoms with Crippen LogP contribution in [0, 0.1) is 0 Å². The third-order valence-corrected chi connectivity index (χ3v) is 5.18. The van der Waals surface area contributed by atoms with Gasteiger partial charge in [-0.2, -0.15) is 0 Å². The van der Waals surface area contributed by atoms with Crippen LogP contribution in [0.5, 0.6) is 5.75 Å². The molecule has 1 aromatic heterocycles. The first kappa shape index (κ1) is 19.8. The van der Waals surface area contributed by atoms with E-state index in [1.165, 1.54) is 24.3 Å². The third-order valence-electron chi connectivity index (χ3n) is 4.06. The first-order chi connectivity index (χ1) is 12.9. The van der Waals surface area contributed by atoms with Gasteiger partial charge < -0.3 is 15.0 Å². The van der Waals surface area contributed by atoms with Crippen molar-refractivity contribution in [3.63, 3.8) is 0 Å². The molecule has 1 fully saturated rings. The van der Waals surface area contributed by atoms with Crippen molar-refractivity contribution in [2.75, 3.05) is 31.5 Å². The van der Waals surface area contributed by atoms with Crippen molar-refractivity contribution in [3.8, 4) is 5.75 Å². The Morgan fingerprint density at radius 3 is 2.63 bits per heavy atom. The maximum Gasteiger partial charge on any atom is 0.573 e. The quantitative estimate of drug-likeness (QED) is 0.762. The Kier molecular flexibility index (Phi) is 6.51. The van der Waals surface area contributed by atoms with Gasteiger partial charge in [-0.3, -0.25) is 4.90 Å². The molecule has 0 unspecified atom stereocenters. The van der Waals surface area contributed by atoms with Gasteiger partial charge in [0.25, 0.3) is 0 Å². The van der Waals surface area contributed by atoms with Crippen molar-refractivity contribution >= 4 is 34.4 Å². The molecule has 3 rings (SSSR count). The number of nitrogens with zero attached hydrogens (tertiary/aromatic N) is 3. The maximum absolute atomic E-state index is 12.2. The zero-order valence-corrected chi connectivity index (χ0v) is 16.0. The van der Waals surface area contributed by atoms with Gasteiger partial charge in [0.15, 0.2) is 5.11 Å². The topological polar surface area (TPSA) is 40.6 Å². The lowest BCUT2D eigenvalue weighted by atomic mass is 10.3. The van der Waals surface area contributed by atoms with Crippen LogP contribution >= 0.6 is 23.6 Å². The summed E-state index contributed by atoms with van der Waals surface area (Å²) >= 11 is 7.12. The minimum absolute atomic E-state index is 0.258. The van der Waals surface area contributed by atoms with E-state index >= 15 is 0 Å². The molecule has 0 saturated carbocycles. The molecule has 0 aliphatic carbocycles. The zero-order valence-electron chi connectivity index (χ0n) is 14.4. The highest BCUT2D eigenvalue weighted by Gasteiger charge is 2.31. The van der Waals surface area contributed by atoms with Crippen molar-refractivity contribution < 1.29 is 17.9 Å². The van der Waals surface area contributed by atoms with E-state index < -0.39 is 6.36 Å². The molecule has 1 aliphatic rings. The van der Waals surface area contributed by atoms with Crippen LogP contribution < -0.4 is 10.1 Å². The van der Waals surface area contributed by atoms with Gasteiger partial charge in [-0.1, -0.05) is 0 Å². The van der Waals surface area contributed by atoms with Crippen LogP contribution in [-0.4, -0.2) is 52.4 Å². The molecule has 0 spiro atoms. The molecule has 5 nitrogen and oxygen atoms in total. The molecular formula is C17H19F3N4OS2. The van der Waals surface area contributed by atoms with Gasteiger partial charge in [0.2, 0.25) is 0 Å². The molecule has 2 aromatic rings. The second kappa shape index (κ2) is 8.85. The second-order valence-electron chi connectivity index (χ2n) is 6.04. The number of aromatic nitrogens is 1. The maximum atomic E-state index is 12.2. The van der Waals surface area contributed by atoms with Gasteiger partial charge in [0.05, 0.1) is 6.54 Å². The molecule has 146 valence electrons. The Morgan fingerprint density at radius 1 is 1.19 bits per heavy atom.